The maximum Gasteiger partial charge on any atom is 0.211 e. The Morgan fingerprint density at radius 2 is 2.50 bits per heavy atom. The number of amides is 1. The molecule has 0 bridgehead atoms. The van der Waals surface area contributed by atoms with Crippen molar-refractivity contribution >= 4 is 22.3 Å². The van der Waals surface area contributed by atoms with Gasteiger partial charge in [0.1, 0.15) is 0 Å². The van der Waals surface area contributed by atoms with Crippen LogP contribution in [0.4, 0.5) is 0 Å². The molecule has 0 atom stereocenters. The van der Waals surface area contributed by atoms with Crippen LogP contribution in [-0.4, -0.2) is 6.41 Å². The molecule has 0 unspecified atom stereocenters. The zero-order valence-corrected chi connectivity index (χ0v) is 7.02. The predicted molar refractivity (Wildman–Crippen MR) is 43.5 cm³/mol. The zero-order chi connectivity index (χ0) is 7.40. The lowest BCUT2D eigenvalue weighted by Gasteiger charge is -2.07. The summed E-state index contributed by atoms with van der Waals surface area (Å²) in [6.07, 6.45) is 6.62. The number of nitrogens with one attached hydrogen (secondary N) is 1. The van der Waals surface area contributed by atoms with E-state index in [9.17, 15) is 4.79 Å². The molecule has 1 amide bonds. The van der Waals surface area contributed by atoms with Crippen molar-refractivity contribution in [3.8, 4) is 0 Å². The molecule has 0 saturated carbocycles. The van der Waals surface area contributed by atoms with Gasteiger partial charge >= 0.3 is 0 Å². The molecule has 0 saturated heterocycles. The van der Waals surface area contributed by atoms with Crippen LogP contribution in [-0.2, 0) is 4.79 Å². The third-order valence-electron chi connectivity index (χ3n) is 1.31. The standard InChI is InChI=1S/C7H8BrNO/c8-6-2-1-3-7(4-6)9-5-10/h2,4-5H,1,3H2,(H,9,10). The number of rotatable bonds is 2. The minimum absolute atomic E-state index is 0.706. The zero-order valence-electron chi connectivity index (χ0n) is 5.43. The minimum atomic E-state index is 0.706. The Balaban J connectivity index is 2.59. The molecule has 0 aromatic rings. The van der Waals surface area contributed by atoms with Gasteiger partial charge in [-0.2, -0.15) is 0 Å². The quantitative estimate of drug-likeness (QED) is 0.678. The van der Waals surface area contributed by atoms with Gasteiger partial charge in [-0.15, -0.1) is 0 Å². The number of hydrogen-bond donors (Lipinski definition) is 1. The number of halogens is 1. The molecule has 54 valence electrons. The summed E-state index contributed by atoms with van der Waals surface area (Å²) in [6, 6.07) is 0. The third kappa shape index (κ3) is 1.99. The highest BCUT2D eigenvalue weighted by Crippen LogP contribution is 2.18. The molecule has 1 aliphatic rings. The molecule has 0 heterocycles. The second-order valence-corrected chi connectivity index (χ2v) is 2.98. The van der Waals surface area contributed by atoms with E-state index in [0.717, 1.165) is 23.0 Å². The highest BCUT2D eigenvalue weighted by atomic mass is 79.9. The Hall–Kier alpha value is -0.570. The van der Waals surface area contributed by atoms with E-state index in [1.54, 1.807) is 0 Å². The SMILES string of the molecule is O=CNC1=CC(Br)=CCC1. The molecule has 0 aromatic carbocycles. The van der Waals surface area contributed by atoms with Crippen molar-refractivity contribution in [3.05, 3.63) is 22.3 Å². The van der Waals surface area contributed by atoms with Crippen molar-refractivity contribution in [2.45, 2.75) is 12.8 Å². The lowest BCUT2D eigenvalue weighted by molar-refractivity contribution is -0.109. The molecule has 2 nitrogen and oxygen atoms in total. The van der Waals surface area contributed by atoms with Gasteiger partial charge in [0.2, 0.25) is 6.41 Å². The van der Waals surface area contributed by atoms with Crippen LogP contribution in [0.25, 0.3) is 0 Å². The molecule has 0 aromatic heterocycles. The third-order valence-corrected chi connectivity index (χ3v) is 1.86. The maximum atomic E-state index is 9.99. The van der Waals surface area contributed by atoms with Crippen LogP contribution < -0.4 is 5.32 Å². The van der Waals surface area contributed by atoms with Crippen molar-refractivity contribution in [2.24, 2.45) is 0 Å². The van der Waals surface area contributed by atoms with Crippen LogP contribution in [0.3, 0.4) is 0 Å². The topological polar surface area (TPSA) is 29.1 Å². The van der Waals surface area contributed by atoms with Gasteiger partial charge in [0, 0.05) is 10.2 Å². The maximum absolute atomic E-state index is 9.99. The summed E-state index contributed by atoms with van der Waals surface area (Å²) < 4.78 is 1.04. The van der Waals surface area contributed by atoms with Crippen LogP contribution in [0.2, 0.25) is 0 Å². The molecule has 1 N–H and O–H groups in total. The highest BCUT2D eigenvalue weighted by Gasteiger charge is 2.00. The van der Waals surface area contributed by atoms with Crippen molar-refractivity contribution < 1.29 is 4.79 Å². The summed E-state index contributed by atoms with van der Waals surface area (Å²) in [4.78, 5) is 9.99. The van der Waals surface area contributed by atoms with E-state index in [1.165, 1.54) is 0 Å². The van der Waals surface area contributed by atoms with E-state index in [-0.39, 0.29) is 0 Å². The lowest BCUT2D eigenvalue weighted by Crippen LogP contribution is -2.11. The Morgan fingerprint density at radius 3 is 3.10 bits per heavy atom. The van der Waals surface area contributed by atoms with E-state index < -0.39 is 0 Å². The number of carbonyl (C=O) groups excluding carboxylic acids is 1. The van der Waals surface area contributed by atoms with Gasteiger partial charge in [-0.05, 0) is 18.9 Å². The monoisotopic (exact) mass is 201 g/mol. The van der Waals surface area contributed by atoms with Gasteiger partial charge in [0.15, 0.2) is 0 Å². The van der Waals surface area contributed by atoms with Crippen molar-refractivity contribution in [1.29, 1.82) is 0 Å². The van der Waals surface area contributed by atoms with E-state index in [4.69, 9.17) is 0 Å². The largest absolute Gasteiger partial charge is 0.332 e. The van der Waals surface area contributed by atoms with Crippen LogP contribution in [0.15, 0.2) is 22.3 Å². The summed E-state index contributed by atoms with van der Waals surface area (Å²) in [6.45, 7) is 0. The molecule has 0 fully saturated rings. The molecular weight excluding hydrogens is 194 g/mol. The highest BCUT2D eigenvalue weighted by molar-refractivity contribution is 9.11. The first kappa shape index (κ1) is 7.54. The fourth-order valence-electron chi connectivity index (χ4n) is 0.853. The van der Waals surface area contributed by atoms with Crippen molar-refractivity contribution in [2.75, 3.05) is 0 Å². The van der Waals surface area contributed by atoms with Crippen LogP contribution in [0, 0.1) is 0 Å². The molecule has 0 spiro atoms. The van der Waals surface area contributed by atoms with Gasteiger partial charge in [-0.1, -0.05) is 22.0 Å². The fraction of sp³-hybridized carbons (Fsp3) is 0.286. The molecule has 10 heavy (non-hydrogen) atoms. The van der Waals surface area contributed by atoms with E-state index >= 15 is 0 Å². The molecule has 3 heteroatoms. The van der Waals surface area contributed by atoms with Gasteiger partial charge in [-0.3, -0.25) is 4.79 Å². The van der Waals surface area contributed by atoms with E-state index in [2.05, 4.69) is 27.3 Å². The number of allylic oxidation sites excluding steroid dienone is 4. The Kier molecular flexibility index (Phi) is 2.68. The molecule has 0 radical (unpaired) electrons. The Morgan fingerprint density at radius 1 is 1.70 bits per heavy atom. The summed E-state index contributed by atoms with van der Waals surface area (Å²) in [5.74, 6) is 0. The van der Waals surface area contributed by atoms with E-state index in [0.29, 0.717) is 6.41 Å². The molecule has 1 rings (SSSR count). The molecular formula is C7H8BrNO. The number of carbonyl (C=O) groups is 1. The molecule has 0 aliphatic heterocycles. The van der Waals surface area contributed by atoms with Gasteiger partial charge in [-0.25, -0.2) is 0 Å². The fourth-order valence-corrected chi connectivity index (χ4v) is 1.36. The van der Waals surface area contributed by atoms with Crippen molar-refractivity contribution in [1.82, 2.24) is 5.32 Å². The van der Waals surface area contributed by atoms with Crippen molar-refractivity contribution in [3.63, 3.8) is 0 Å². The second kappa shape index (κ2) is 3.56. The van der Waals surface area contributed by atoms with Crippen LogP contribution >= 0.6 is 15.9 Å². The Labute approximate surface area is 68.1 Å². The summed E-state index contributed by atoms with van der Waals surface area (Å²) in [7, 11) is 0. The minimum Gasteiger partial charge on any atom is -0.332 e. The smallest absolute Gasteiger partial charge is 0.211 e. The number of hydrogen-bond acceptors (Lipinski definition) is 1. The second-order valence-electron chi connectivity index (χ2n) is 2.06. The van der Waals surface area contributed by atoms with Gasteiger partial charge < -0.3 is 5.32 Å². The summed E-state index contributed by atoms with van der Waals surface area (Å²) in [5, 5.41) is 2.62. The Bertz CT molecular complexity index is 196. The van der Waals surface area contributed by atoms with Gasteiger partial charge in [0.05, 0.1) is 0 Å². The van der Waals surface area contributed by atoms with Crippen LogP contribution in [0.5, 0.6) is 0 Å². The van der Waals surface area contributed by atoms with Gasteiger partial charge in [0.25, 0.3) is 0 Å². The predicted octanol–water partition coefficient (Wildman–Crippen LogP) is 1.69. The first-order chi connectivity index (χ1) is 4.83. The average molecular weight is 202 g/mol. The molecule has 1 aliphatic carbocycles. The average Bonchev–Trinajstić information content (AvgIpc) is 1.88. The normalized spacial score (nSPS) is 17.3. The summed E-state index contributed by atoms with van der Waals surface area (Å²) in [5.41, 5.74) is 0.976. The van der Waals surface area contributed by atoms with Crippen LogP contribution in [0.1, 0.15) is 12.8 Å². The lowest BCUT2D eigenvalue weighted by atomic mass is 10.1. The first-order valence-corrected chi connectivity index (χ1v) is 3.88. The summed E-state index contributed by atoms with van der Waals surface area (Å²) >= 11 is 3.33. The first-order valence-electron chi connectivity index (χ1n) is 3.09. The van der Waals surface area contributed by atoms with E-state index in [1.807, 2.05) is 6.08 Å².